The van der Waals surface area contributed by atoms with Gasteiger partial charge in [-0.1, -0.05) is 0 Å². The summed E-state index contributed by atoms with van der Waals surface area (Å²) in [6.07, 6.45) is 5.50. The van der Waals surface area contributed by atoms with E-state index in [-0.39, 0.29) is 29.9 Å². The zero-order valence-electron chi connectivity index (χ0n) is 15.0. The number of carbonyl (C=O) groups is 2. The molecule has 0 bridgehead atoms. The largest absolute Gasteiger partial charge is 0.396 e. The number of likely N-dealkylation sites (N-methyl/N-ethyl adjacent to an activating group) is 1. The van der Waals surface area contributed by atoms with Gasteiger partial charge in [0.05, 0.1) is 5.92 Å². The first kappa shape index (κ1) is 17.7. The molecule has 6 nitrogen and oxygen atoms in total. The van der Waals surface area contributed by atoms with Crippen LogP contribution in [0.15, 0.2) is 0 Å². The summed E-state index contributed by atoms with van der Waals surface area (Å²) in [5, 5.41) is 9.32. The molecule has 0 aromatic rings. The van der Waals surface area contributed by atoms with Crippen molar-refractivity contribution in [3.63, 3.8) is 0 Å². The Bertz CT molecular complexity index is 486. The van der Waals surface area contributed by atoms with Crippen LogP contribution in [0.3, 0.4) is 0 Å². The highest BCUT2D eigenvalue weighted by Crippen LogP contribution is 2.45. The molecule has 2 heterocycles. The van der Waals surface area contributed by atoms with Gasteiger partial charge in [-0.15, -0.1) is 0 Å². The highest BCUT2D eigenvalue weighted by molar-refractivity contribution is 5.90. The molecular formula is C18H31N3O3. The van der Waals surface area contributed by atoms with E-state index in [0.717, 1.165) is 45.2 Å². The first-order valence-corrected chi connectivity index (χ1v) is 9.30. The average Bonchev–Trinajstić information content (AvgIpc) is 2.93. The molecule has 3 rings (SSSR count). The van der Waals surface area contributed by atoms with E-state index in [9.17, 15) is 14.7 Å². The van der Waals surface area contributed by atoms with Crippen LogP contribution in [0.25, 0.3) is 0 Å². The first-order chi connectivity index (χ1) is 11.4. The van der Waals surface area contributed by atoms with Gasteiger partial charge < -0.3 is 19.8 Å². The van der Waals surface area contributed by atoms with Crippen LogP contribution in [0.2, 0.25) is 0 Å². The molecule has 3 fully saturated rings. The Kier molecular flexibility index (Phi) is 5.16. The second kappa shape index (κ2) is 7.00. The van der Waals surface area contributed by atoms with Crippen LogP contribution in [0.1, 0.15) is 38.5 Å². The molecule has 0 aromatic heterocycles. The smallest absolute Gasteiger partial charge is 0.228 e. The summed E-state index contributed by atoms with van der Waals surface area (Å²) in [5.41, 5.74) is 0.0306. The summed E-state index contributed by atoms with van der Waals surface area (Å²) >= 11 is 0. The lowest BCUT2D eigenvalue weighted by Gasteiger charge is -2.56. The number of likely N-dealkylation sites (tertiary alicyclic amines) is 2. The molecule has 2 amide bonds. The Labute approximate surface area is 144 Å². The SMILES string of the molecule is CN(C)CCN1CC(C(=O)N2CCC23CCC(CO)CC3)CC1=O. The van der Waals surface area contributed by atoms with Gasteiger partial charge in [0.25, 0.3) is 0 Å². The molecule has 6 heteroatoms. The number of amides is 2. The molecule has 1 aliphatic carbocycles. The Morgan fingerprint density at radius 3 is 2.54 bits per heavy atom. The maximum absolute atomic E-state index is 13.0. The molecule has 1 saturated carbocycles. The maximum atomic E-state index is 13.0. The Hall–Kier alpha value is -1.14. The van der Waals surface area contributed by atoms with Gasteiger partial charge in [0.15, 0.2) is 0 Å². The molecule has 1 atom stereocenters. The minimum atomic E-state index is -0.160. The van der Waals surface area contributed by atoms with Crippen molar-refractivity contribution in [2.75, 3.05) is 46.9 Å². The van der Waals surface area contributed by atoms with Gasteiger partial charge in [0, 0.05) is 44.7 Å². The van der Waals surface area contributed by atoms with Gasteiger partial charge in [-0.2, -0.15) is 0 Å². The molecule has 2 aliphatic heterocycles. The zero-order chi connectivity index (χ0) is 17.3. The number of nitrogens with zero attached hydrogens (tertiary/aromatic N) is 3. The van der Waals surface area contributed by atoms with E-state index in [2.05, 4.69) is 9.80 Å². The molecule has 0 radical (unpaired) electrons. The summed E-state index contributed by atoms with van der Waals surface area (Å²) in [7, 11) is 3.99. The predicted octanol–water partition coefficient (Wildman–Crippen LogP) is 0.550. The van der Waals surface area contributed by atoms with E-state index in [0.29, 0.717) is 25.4 Å². The fourth-order valence-corrected chi connectivity index (χ4v) is 4.50. The van der Waals surface area contributed by atoms with E-state index in [1.807, 2.05) is 19.0 Å². The Morgan fingerprint density at radius 1 is 1.29 bits per heavy atom. The third-order valence-corrected chi connectivity index (χ3v) is 6.31. The predicted molar refractivity (Wildman–Crippen MR) is 91.3 cm³/mol. The summed E-state index contributed by atoms with van der Waals surface area (Å²) in [5.74, 6) is 0.549. The van der Waals surface area contributed by atoms with Crippen molar-refractivity contribution in [1.82, 2.24) is 14.7 Å². The van der Waals surface area contributed by atoms with Gasteiger partial charge in [0.1, 0.15) is 0 Å². The van der Waals surface area contributed by atoms with E-state index in [1.54, 1.807) is 0 Å². The van der Waals surface area contributed by atoms with Crippen LogP contribution < -0.4 is 0 Å². The molecule has 136 valence electrons. The van der Waals surface area contributed by atoms with Gasteiger partial charge in [-0.05, 0) is 52.1 Å². The molecule has 0 aromatic carbocycles. The maximum Gasteiger partial charge on any atom is 0.228 e. The van der Waals surface area contributed by atoms with Crippen molar-refractivity contribution in [2.24, 2.45) is 11.8 Å². The van der Waals surface area contributed by atoms with E-state index in [1.165, 1.54) is 0 Å². The minimum Gasteiger partial charge on any atom is -0.396 e. The third-order valence-electron chi connectivity index (χ3n) is 6.31. The van der Waals surface area contributed by atoms with Gasteiger partial charge in [0.2, 0.25) is 11.8 Å². The number of hydrogen-bond acceptors (Lipinski definition) is 4. The lowest BCUT2D eigenvalue weighted by Crippen LogP contribution is -2.64. The lowest BCUT2D eigenvalue weighted by molar-refractivity contribution is -0.156. The van der Waals surface area contributed by atoms with Crippen LogP contribution in [-0.2, 0) is 9.59 Å². The molecule has 1 N–H and O–H groups in total. The fraction of sp³-hybridized carbons (Fsp3) is 0.889. The number of aliphatic hydroxyl groups is 1. The monoisotopic (exact) mass is 337 g/mol. The fourth-order valence-electron chi connectivity index (χ4n) is 4.50. The van der Waals surface area contributed by atoms with Crippen molar-refractivity contribution in [3.8, 4) is 0 Å². The van der Waals surface area contributed by atoms with Crippen LogP contribution in [0.4, 0.5) is 0 Å². The summed E-state index contributed by atoms with van der Waals surface area (Å²) in [6.45, 7) is 3.23. The van der Waals surface area contributed by atoms with E-state index in [4.69, 9.17) is 0 Å². The second-order valence-electron chi connectivity index (χ2n) is 8.13. The molecule has 1 unspecified atom stereocenters. The quantitative estimate of drug-likeness (QED) is 0.796. The number of hydrogen-bond donors (Lipinski definition) is 1. The number of carbonyl (C=O) groups excluding carboxylic acids is 2. The Morgan fingerprint density at radius 2 is 2.00 bits per heavy atom. The van der Waals surface area contributed by atoms with Crippen molar-refractivity contribution in [2.45, 2.75) is 44.1 Å². The van der Waals surface area contributed by atoms with Crippen LogP contribution in [0, 0.1) is 11.8 Å². The van der Waals surface area contributed by atoms with Crippen molar-refractivity contribution < 1.29 is 14.7 Å². The molecule has 3 aliphatic rings. The molecule has 1 spiro atoms. The highest BCUT2D eigenvalue weighted by atomic mass is 16.3. The van der Waals surface area contributed by atoms with Crippen molar-refractivity contribution in [1.29, 1.82) is 0 Å². The number of rotatable bonds is 5. The van der Waals surface area contributed by atoms with Gasteiger partial charge in [-0.3, -0.25) is 9.59 Å². The van der Waals surface area contributed by atoms with Crippen LogP contribution >= 0.6 is 0 Å². The van der Waals surface area contributed by atoms with Crippen LogP contribution in [-0.4, -0.2) is 84.0 Å². The lowest BCUT2D eigenvalue weighted by atomic mass is 9.69. The Balaban J connectivity index is 1.56. The highest BCUT2D eigenvalue weighted by Gasteiger charge is 2.51. The number of aliphatic hydroxyl groups excluding tert-OH is 1. The molecule has 2 saturated heterocycles. The topological polar surface area (TPSA) is 64.1 Å². The van der Waals surface area contributed by atoms with E-state index < -0.39 is 0 Å². The zero-order valence-corrected chi connectivity index (χ0v) is 15.0. The standard InChI is InChI=1S/C18H31N3O3/c1-19(2)9-10-20-12-15(11-16(20)23)17(24)21-8-7-18(21)5-3-14(13-22)4-6-18/h14-15,22H,3-13H2,1-2H3. The molecule has 24 heavy (non-hydrogen) atoms. The summed E-state index contributed by atoms with van der Waals surface area (Å²) < 4.78 is 0. The normalized spacial score (nSPS) is 33.4. The van der Waals surface area contributed by atoms with Gasteiger partial charge in [-0.25, -0.2) is 0 Å². The molecular weight excluding hydrogens is 306 g/mol. The minimum absolute atomic E-state index is 0.0306. The second-order valence-corrected chi connectivity index (χ2v) is 8.13. The first-order valence-electron chi connectivity index (χ1n) is 9.30. The third kappa shape index (κ3) is 3.31. The van der Waals surface area contributed by atoms with Crippen LogP contribution in [0.5, 0.6) is 0 Å². The van der Waals surface area contributed by atoms with Crippen molar-refractivity contribution in [3.05, 3.63) is 0 Å². The summed E-state index contributed by atoms with van der Waals surface area (Å²) in [4.78, 5) is 31.1. The van der Waals surface area contributed by atoms with E-state index >= 15 is 0 Å². The van der Waals surface area contributed by atoms with Gasteiger partial charge >= 0.3 is 0 Å². The average molecular weight is 337 g/mol. The van der Waals surface area contributed by atoms with Crippen molar-refractivity contribution >= 4 is 11.8 Å². The summed E-state index contributed by atoms with van der Waals surface area (Å²) in [6, 6.07) is 0.